The van der Waals surface area contributed by atoms with Gasteiger partial charge in [-0.3, -0.25) is 0 Å². The Balaban J connectivity index is 2.34. The van der Waals surface area contributed by atoms with Gasteiger partial charge >= 0.3 is 0 Å². The van der Waals surface area contributed by atoms with E-state index in [9.17, 15) is 4.39 Å². The van der Waals surface area contributed by atoms with Crippen molar-refractivity contribution >= 4 is 11.6 Å². The second-order valence-electron chi connectivity index (χ2n) is 5.36. The van der Waals surface area contributed by atoms with Gasteiger partial charge in [-0.1, -0.05) is 49.1 Å². The maximum Gasteiger partial charge on any atom is 0.129 e. The predicted molar refractivity (Wildman–Crippen MR) is 83.6 cm³/mol. The van der Waals surface area contributed by atoms with Gasteiger partial charge in [-0.2, -0.15) is 0 Å². The van der Waals surface area contributed by atoms with Crippen LogP contribution < -0.4 is 5.32 Å². The molecule has 1 aromatic rings. The van der Waals surface area contributed by atoms with Gasteiger partial charge in [-0.25, -0.2) is 4.39 Å². The molecule has 20 heavy (non-hydrogen) atoms. The summed E-state index contributed by atoms with van der Waals surface area (Å²) in [4.78, 5) is 0. The van der Waals surface area contributed by atoms with Gasteiger partial charge < -0.3 is 5.32 Å². The van der Waals surface area contributed by atoms with E-state index >= 15 is 0 Å². The lowest BCUT2D eigenvalue weighted by Gasteiger charge is -2.25. The summed E-state index contributed by atoms with van der Waals surface area (Å²) in [6.07, 6.45) is 9.38. The van der Waals surface area contributed by atoms with Gasteiger partial charge in [-0.05, 0) is 44.4 Å². The number of benzene rings is 1. The predicted octanol–water partition coefficient (Wildman–Crippen LogP) is 5.41. The molecule has 1 nitrogen and oxygen atoms in total. The average molecular weight is 296 g/mol. The Morgan fingerprint density at radius 1 is 1.25 bits per heavy atom. The lowest BCUT2D eigenvalue weighted by atomic mass is 9.90. The zero-order valence-corrected chi connectivity index (χ0v) is 12.8. The Bertz CT molecular complexity index is 450. The molecule has 0 saturated heterocycles. The number of nitrogens with one attached hydrogen (secondary N) is 1. The van der Waals surface area contributed by atoms with Crippen LogP contribution in [0.2, 0.25) is 5.02 Å². The number of halogens is 2. The number of hydrogen-bond acceptors (Lipinski definition) is 1. The summed E-state index contributed by atoms with van der Waals surface area (Å²) in [5, 5.41) is 3.92. The lowest BCUT2D eigenvalue weighted by Crippen LogP contribution is -2.24. The summed E-state index contributed by atoms with van der Waals surface area (Å²) in [5.41, 5.74) is 1.89. The summed E-state index contributed by atoms with van der Waals surface area (Å²) < 4.78 is 14.2. The molecule has 0 aromatic heterocycles. The lowest BCUT2D eigenvalue weighted by molar-refractivity contribution is 0.524. The van der Waals surface area contributed by atoms with Crippen LogP contribution in [0, 0.1) is 5.82 Å². The Morgan fingerprint density at radius 3 is 2.80 bits per heavy atom. The quantitative estimate of drug-likeness (QED) is 0.732. The first kappa shape index (κ1) is 15.5. The van der Waals surface area contributed by atoms with Gasteiger partial charge in [0.15, 0.2) is 0 Å². The van der Waals surface area contributed by atoms with Crippen LogP contribution in [0.5, 0.6) is 0 Å². The monoisotopic (exact) mass is 295 g/mol. The standard InChI is InChI=1S/C17H23ClFN/c1-2-20-17(13-9-6-4-3-5-7-10-13)16-14(18)11-8-12-15(16)19/h8-9,11-12,17,20H,2-7,10H2,1H3/b13-9+. The number of rotatable bonds is 4. The van der Waals surface area contributed by atoms with Crippen molar-refractivity contribution in [2.24, 2.45) is 0 Å². The molecule has 0 heterocycles. The van der Waals surface area contributed by atoms with Crippen molar-refractivity contribution < 1.29 is 4.39 Å². The molecule has 0 aliphatic heterocycles. The minimum atomic E-state index is -0.216. The highest BCUT2D eigenvalue weighted by atomic mass is 35.5. The van der Waals surface area contributed by atoms with E-state index in [4.69, 9.17) is 11.6 Å². The highest BCUT2D eigenvalue weighted by Gasteiger charge is 2.22. The van der Waals surface area contributed by atoms with Crippen LogP contribution in [0.15, 0.2) is 29.8 Å². The van der Waals surface area contributed by atoms with E-state index in [1.54, 1.807) is 12.1 Å². The zero-order chi connectivity index (χ0) is 14.4. The minimum Gasteiger partial charge on any atom is -0.307 e. The zero-order valence-electron chi connectivity index (χ0n) is 12.1. The van der Waals surface area contributed by atoms with Crippen molar-refractivity contribution in [3.8, 4) is 0 Å². The molecule has 0 radical (unpaired) electrons. The molecule has 1 unspecified atom stereocenters. The third-order valence-corrected chi connectivity index (χ3v) is 4.22. The van der Waals surface area contributed by atoms with Crippen molar-refractivity contribution in [1.82, 2.24) is 5.32 Å². The molecule has 2 rings (SSSR count). The fourth-order valence-electron chi connectivity index (χ4n) is 2.89. The number of likely N-dealkylation sites (N-methyl/N-ethyl adjacent to an activating group) is 1. The molecule has 1 atom stereocenters. The van der Waals surface area contributed by atoms with Crippen LogP contribution in [-0.2, 0) is 0 Å². The van der Waals surface area contributed by atoms with Crippen molar-refractivity contribution in [1.29, 1.82) is 0 Å². The molecule has 1 aliphatic rings. The van der Waals surface area contributed by atoms with E-state index in [2.05, 4.69) is 11.4 Å². The van der Waals surface area contributed by atoms with Crippen LogP contribution in [0.25, 0.3) is 0 Å². The van der Waals surface area contributed by atoms with Gasteiger partial charge in [0.2, 0.25) is 0 Å². The maximum absolute atomic E-state index is 14.2. The van der Waals surface area contributed by atoms with E-state index in [1.807, 2.05) is 6.92 Å². The molecule has 1 N–H and O–H groups in total. The highest BCUT2D eigenvalue weighted by molar-refractivity contribution is 6.31. The van der Waals surface area contributed by atoms with Crippen LogP contribution in [0.1, 0.15) is 57.1 Å². The number of allylic oxidation sites excluding steroid dienone is 1. The minimum absolute atomic E-state index is 0.0909. The van der Waals surface area contributed by atoms with E-state index in [1.165, 1.54) is 37.3 Å². The molecular formula is C17H23ClFN. The summed E-state index contributed by atoms with van der Waals surface area (Å²) in [7, 11) is 0. The second-order valence-corrected chi connectivity index (χ2v) is 5.77. The van der Waals surface area contributed by atoms with E-state index in [0.717, 1.165) is 19.4 Å². The summed E-state index contributed by atoms with van der Waals surface area (Å²) >= 11 is 6.25. The SMILES string of the molecule is CCNC(/C1=C/CCCCCC1)c1c(F)cccc1Cl. The molecule has 1 aromatic carbocycles. The van der Waals surface area contributed by atoms with Crippen LogP contribution >= 0.6 is 11.6 Å². The first-order valence-corrected chi connectivity index (χ1v) is 7.98. The molecule has 0 saturated carbocycles. The molecule has 110 valence electrons. The third-order valence-electron chi connectivity index (χ3n) is 3.89. The topological polar surface area (TPSA) is 12.0 Å². The van der Waals surface area contributed by atoms with Crippen LogP contribution in [0.3, 0.4) is 0 Å². The molecule has 0 amide bonds. The molecule has 3 heteroatoms. The Kier molecular flexibility index (Phi) is 6.06. The Morgan fingerprint density at radius 2 is 2.05 bits per heavy atom. The molecule has 0 spiro atoms. The first-order valence-electron chi connectivity index (χ1n) is 7.60. The Hall–Kier alpha value is -0.860. The number of hydrogen-bond donors (Lipinski definition) is 1. The first-order chi connectivity index (χ1) is 9.74. The largest absolute Gasteiger partial charge is 0.307 e. The second kappa shape index (κ2) is 7.80. The van der Waals surface area contributed by atoms with Crippen molar-refractivity contribution in [2.75, 3.05) is 6.54 Å². The smallest absolute Gasteiger partial charge is 0.129 e. The van der Waals surface area contributed by atoms with Crippen molar-refractivity contribution in [3.05, 3.63) is 46.3 Å². The van der Waals surface area contributed by atoms with Gasteiger partial charge in [0.25, 0.3) is 0 Å². The van der Waals surface area contributed by atoms with Crippen LogP contribution in [0.4, 0.5) is 4.39 Å². The van der Waals surface area contributed by atoms with Gasteiger partial charge in [0.1, 0.15) is 5.82 Å². The van der Waals surface area contributed by atoms with Crippen molar-refractivity contribution in [2.45, 2.75) is 51.5 Å². The van der Waals surface area contributed by atoms with Crippen molar-refractivity contribution in [3.63, 3.8) is 0 Å². The summed E-state index contributed by atoms with van der Waals surface area (Å²) in [6.45, 7) is 2.85. The molecular weight excluding hydrogens is 273 g/mol. The molecule has 0 fully saturated rings. The maximum atomic E-state index is 14.2. The normalized spacial score (nSPS) is 20.6. The Labute approximate surface area is 126 Å². The fourth-order valence-corrected chi connectivity index (χ4v) is 3.16. The third kappa shape index (κ3) is 3.83. The molecule has 0 bridgehead atoms. The van der Waals surface area contributed by atoms with Crippen LogP contribution in [-0.4, -0.2) is 6.54 Å². The van der Waals surface area contributed by atoms with Gasteiger partial charge in [0, 0.05) is 10.6 Å². The fraction of sp³-hybridized carbons (Fsp3) is 0.529. The van der Waals surface area contributed by atoms with E-state index in [-0.39, 0.29) is 11.9 Å². The average Bonchev–Trinajstić information content (AvgIpc) is 2.37. The molecule has 1 aliphatic carbocycles. The summed E-state index contributed by atoms with van der Waals surface area (Å²) in [6, 6.07) is 4.84. The summed E-state index contributed by atoms with van der Waals surface area (Å²) in [5.74, 6) is -0.216. The van der Waals surface area contributed by atoms with Gasteiger partial charge in [0.05, 0.1) is 6.04 Å². The van der Waals surface area contributed by atoms with Gasteiger partial charge in [-0.15, -0.1) is 0 Å². The van der Waals surface area contributed by atoms with E-state index in [0.29, 0.717) is 10.6 Å². The highest BCUT2D eigenvalue weighted by Crippen LogP contribution is 2.34. The van der Waals surface area contributed by atoms with E-state index < -0.39 is 0 Å².